The molecule has 0 radical (unpaired) electrons. The Morgan fingerprint density at radius 1 is 1.50 bits per heavy atom. The first kappa shape index (κ1) is 12.5. The van der Waals surface area contributed by atoms with Crippen LogP contribution in [-0.4, -0.2) is 14.5 Å². The van der Waals surface area contributed by atoms with E-state index in [-0.39, 0.29) is 23.7 Å². The zero-order valence-corrected chi connectivity index (χ0v) is 9.91. The highest BCUT2D eigenvalue weighted by Gasteiger charge is 2.09. The molecule has 4 nitrogen and oxygen atoms in total. The van der Waals surface area contributed by atoms with Crippen LogP contribution in [0.3, 0.4) is 0 Å². The first-order valence-electron chi connectivity index (χ1n) is 4.85. The molecule has 0 aliphatic carbocycles. The third-order valence-electron chi connectivity index (χ3n) is 2.49. The molecule has 0 aliphatic rings. The number of nitrogens with zero attached hydrogens (tertiary/aromatic N) is 2. The highest BCUT2D eigenvalue weighted by molar-refractivity contribution is 5.85. The number of aryl methyl sites for hydroxylation is 1. The van der Waals surface area contributed by atoms with Crippen molar-refractivity contribution in [3.05, 3.63) is 39.9 Å². The van der Waals surface area contributed by atoms with E-state index < -0.39 is 0 Å². The van der Waals surface area contributed by atoms with Gasteiger partial charge in [-0.25, -0.2) is 4.98 Å². The zero-order valence-electron chi connectivity index (χ0n) is 9.10. The van der Waals surface area contributed by atoms with Crippen LogP contribution in [0.1, 0.15) is 18.2 Å². The molecule has 0 saturated carbocycles. The molecule has 0 bridgehead atoms. The summed E-state index contributed by atoms with van der Waals surface area (Å²) in [5.41, 5.74) is 1.59. The molecule has 1 N–H and O–H groups in total. The molecular weight excluding hydrogens is 228 g/mol. The van der Waals surface area contributed by atoms with Gasteiger partial charge in [0.15, 0.2) is 11.4 Å². The molecule has 0 fully saturated rings. The normalized spacial score (nSPS) is 10.1. The number of hydrogen-bond acceptors (Lipinski definition) is 3. The lowest BCUT2D eigenvalue weighted by molar-refractivity contribution is 0.476. The molecule has 0 amide bonds. The van der Waals surface area contributed by atoms with Crippen LogP contribution in [0, 0.1) is 6.92 Å². The van der Waals surface area contributed by atoms with Gasteiger partial charge >= 0.3 is 0 Å². The van der Waals surface area contributed by atoms with E-state index in [2.05, 4.69) is 4.98 Å². The van der Waals surface area contributed by atoms with Crippen LogP contribution in [0.5, 0.6) is 5.75 Å². The van der Waals surface area contributed by atoms with Crippen LogP contribution < -0.4 is 5.56 Å². The Balaban J connectivity index is 0.00000128. The van der Waals surface area contributed by atoms with Crippen LogP contribution in [0.4, 0.5) is 0 Å². The summed E-state index contributed by atoms with van der Waals surface area (Å²) in [5.74, 6) is 0.0281. The van der Waals surface area contributed by atoms with Crippen molar-refractivity contribution in [3.8, 4) is 5.75 Å². The Bertz CT molecular complexity index is 578. The highest BCUT2D eigenvalue weighted by Crippen LogP contribution is 2.14. The quantitative estimate of drug-likeness (QED) is 0.825. The number of hydrogen-bond donors (Lipinski definition) is 1. The topological polar surface area (TPSA) is 54.6 Å². The van der Waals surface area contributed by atoms with E-state index in [1.165, 1.54) is 10.5 Å². The fourth-order valence-corrected chi connectivity index (χ4v) is 1.70. The summed E-state index contributed by atoms with van der Waals surface area (Å²) in [4.78, 5) is 16.2. The van der Waals surface area contributed by atoms with E-state index in [1.54, 1.807) is 19.2 Å². The lowest BCUT2D eigenvalue weighted by Crippen LogP contribution is -2.20. The van der Waals surface area contributed by atoms with Crippen molar-refractivity contribution in [2.75, 3.05) is 0 Å². The maximum absolute atomic E-state index is 11.9. The lowest BCUT2D eigenvalue weighted by atomic mass is 10.2. The third-order valence-corrected chi connectivity index (χ3v) is 2.49. The summed E-state index contributed by atoms with van der Waals surface area (Å²) in [6.45, 7) is 3.70. The molecule has 2 aromatic heterocycles. The number of halogens is 1. The van der Waals surface area contributed by atoms with E-state index in [1.807, 2.05) is 6.92 Å². The smallest absolute Gasteiger partial charge is 0.261 e. The van der Waals surface area contributed by atoms with E-state index >= 15 is 0 Å². The summed E-state index contributed by atoms with van der Waals surface area (Å²) < 4.78 is 1.38. The first-order chi connectivity index (χ1) is 7.15. The number of fused-ring (bicyclic) bond motifs is 1. The van der Waals surface area contributed by atoms with Gasteiger partial charge in [-0.05, 0) is 25.5 Å². The van der Waals surface area contributed by atoms with Gasteiger partial charge < -0.3 is 5.11 Å². The highest BCUT2D eigenvalue weighted by atomic mass is 35.5. The van der Waals surface area contributed by atoms with E-state index in [9.17, 15) is 9.90 Å². The van der Waals surface area contributed by atoms with Gasteiger partial charge in [-0.3, -0.25) is 9.20 Å². The van der Waals surface area contributed by atoms with Gasteiger partial charge in [0, 0.05) is 17.5 Å². The molecule has 0 spiro atoms. The minimum atomic E-state index is -0.101. The second-order valence-electron chi connectivity index (χ2n) is 3.42. The van der Waals surface area contributed by atoms with E-state index in [0.717, 1.165) is 0 Å². The molecule has 5 heteroatoms. The van der Waals surface area contributed by atoms with E-state index in [0.29, 0.717) is 23.3 Å². The molecule has 0 saturated heterocycles. The Morgan fingerprint density at radius 3 is 2.81 bits per heavy atom. The molecule has 16 heavy (non-hydrogen) atoms. The summed E-state index contributed by atoms with van der Waals surface area (Å²) in [7, 11) is 0. The lowest BCUT2D eigenvalue weighted by Gasteiger charge is -2.06. The summed E-state index contributed by atoms with van der Waals surface area (Å²) in [6, 6.07) is 3.15. The van der Waals surface area contributed by atoms with Crippen LogP contribution in [0.25, 0.3) is 5.65 Å². The summed E-state index contributed by atoms with van der Waals surface area (Å²) in [6.07, 6.45) is 2.26. The van der Waals surface area contributed by atoms with Crippen molar-refractivity contribution >= 4 is 18.1 Å². The summed E-state index contributed by atoms with van der Waals surface area (Å²) in [5, 5.41) is 9.56. The molecule has 86 valence electrons. The van der Waals surface area contributed by atoms with Gasteiger partial charge in [0.25, 0.3) is 5.56 Å². The van der Waals surface area contributed by atoms with Crippen LogP contribution in [0.15, 0.2) is 23.1 Å². The van der Waals surface area contributed by atoms with Gasteiger partial charge in [0.1, 0.15) is 0 Å². The molecule has 0 unspecified atom stereocenters. The third kappa shape index (κ3) is 1.76. The molecule has 2 aromatic rings. The SMILES string of the molecule is CCc1c(C)nc2c(O)cccn2c1=O.Cl. The number of rotatable bonds is 1. The van der Waals surface area contributed by atoms with Crippen LogP contribution in [0.2, 0.25) is 0 Å². The van der Waals surface area contributed by atoms with Crippen molar-refractivity contribution in [1.82, 2.24) is 9.38 Å². The van der Waals surface area contributed by atoms with E-state index in [4.69, 9.17) is 0 Å². The van der Waals surface area contributed by atoms with Gasteiger partial charge in [-0.1, -0.05) is 6.92 Å². The fraction of sp³-hybridized carbons (Fsp3) is 0.273. The second-order valence-corrected chi connectivity index (χ2v) is 3.42. The number of aromatic hydroxyl groups is 1. The first-order valence-corrected chi connectivity index (χ1v) is 4.85. The Morgan fingerprint density at radius 2 is 2.19 bits per heavy atom. The summed E-state index contributed by atoms with van der Waals surface area (Å²) >= 11 is 0. The Hall–Kier alpha value is -1.55. The van der Waals surface area contributed by atoms with Gasteiger partial charge in [0.05, 0.1) is 0 Å². The van der Waals surface area contributed by atoms with Gasteiger partial charge in [0.2, 0.25) is 0 Å². The van der Waals surface area contributed by atoms with Gasteiger partial charge in [-0.15, -0.1) is 12.4 Å². The largest absolute Gasteiger partial charge is 0.504 e. The minimum absolute atomic E-state index is 0. The molecule has 0 atom stereocenters. The predicted octanol–water partition coefficient (Wildman–Crippen LogP) is 1.69. The van der Waals surface area contributed by atoms with Crippen molar-refractivity contribution in [2.24, 2.45) is 0 Å². The van der Waals surface area contributed by atoms with Crippen LogP contribution in [-0.2, 0) is 6.42 Å². The van der Waals surface area contributed by atoms with Crippen LogP contribution >= 0.6 is 12.4 Å². The molecule has 0 aliphatic heterocycles. The maximum Gasteiger partial charge on any atom is 0.261 e. The Labute approximate surface area is 99.0 Å². The molecule has 0 aromatic carbocycles. The van der Waals surface area contributed by atoms with Gasteiger partial charge in [-0.2, -0.15) is 0 Å². The van der Waals surface area contributed by atoms with Crippen molar-refractivity contribution < 1.29 is 5.11 Å². The van der Waals surface area contributed by atoms with Crippen molar-refractivity contribution in [3.63, 3.8) is 0 Å². The monoisotopic (exact) mass is 240 g/mol. The average Bonchev–Trinajstić information content (AvgIpc) is 2.20. The predicted molar refractivity (Wildman–Crippen MR) is 64.5 cm³/mol. The number of pyridine rings is 1. The Kier molecular flexibility index (Phi) is 3.55. The molecule has 2 heterocycles. The maximum atomic E-state index is 11.9. The number of aromatic nitrogens is 2. The molecular formula is C11H13ClN2O2. The standard InChI is InChI=1S/C11H12N2O2.ClH/c1-3-8-7(2)12-10-9(14)5-4-6-13(10)11(8)15;/h4-6,14H,3H2,1-2H3;1H. The zero-order chi connectivity index (χ0) is 11.0. The molecule has 2 rings (SSSR count). The van der Waals surface area contributed by atoms with Crippen molar-refractivity contribution in [1.29, 1.82) is 0 Å². The van der Waals surface area contributed by atoms with Crippen molar-refractivity contribution in [2.45, 2.75) is 20.3 Å². The fourth-order valence-electron chi connectivity index (χ4n) is 1.70. The average molecular weight is 241 g/mol. The second kappa shape index (κ2) is 4.53. The minimum Gasteiger partial charge on any atom is -0.504 e.